The lowest BCUT2D eigenvalue weighted by Crippen LogP contribution is -2.35. The molecule has 0 saturated heterocycles. The molecule has 0 saturated carbocycles. The number of hydrogen-bond acceptors (Lipinski definition) is 2. The number of nitrogens with zero attached hydrogens (tertiary/aromatic N) is 1. The van der Waals surface area contributed by atoms with Crippen LogP contribution in [0.4, 0.5) is 0 Å². The normalized spacial score (nSPS) is 14.1. The van der Waals surface area contributed by atoms with E-state index in [9.17, 15) is 0 Å². The smallest absolute Gasteiger partial charge is 0.000725 e. The SMILES string of the molecule is CC(C)CN(CC(C)C)CC(C)CCCN. The number of nitrogens with two attached hydrogens (primary N) is 1. The summed E-state index contributed by atoms with van der Waals surface area (Å²) >= 11 is 0. The standard InChI is InChI=1S/C14H32N2/c1-12(2)9-16(10-13(3)4)11-14(5)7-6-8-15/h12-14H,6-11,15H2,1-5H3. The fourth-order valence-corrected chi connectivity index (χ4v) is 2.25. The van der Waals surface area contributed by atoms with Gasteiger partial charge in [0.05, 0.1) is 0 Å². The van der Waals surface area contributed by atoms with Crippen LogP contribution in [0.1, 0.15) is 47.5 Å². The minimum atomic E-state index is 0.764. The molecule has 0 spiro atoms. The van der Waals surface area contributed by atoms with Crippen molar-refractivity contribution in [2.45, 2.75) is 47.5 Å². The summed E-state index contributed by atoms with van der Waals surface area (Å²) in [5.74, 6) is 2.31. The van der Waals surface area contributed by atoms with E-state index in [4.69, 9.17) is 5.73 Å². The molecule has 0 amide bonds. The maximum Gasteiger partial charge on any atom is 0.000725 e. The summed E-state index contributed by atoms with van der Waals surface area (Å²) in [7, 11) is 0. The van der Waals surface area contributed by atoms with Crippen molar-refractivity contribution in [2.75, 3.05) is 26.2 Å². The first-order chi connectivity index (χ1) is 7.45. The van der Waals surface area contributed by atoms with E-state index in [-0.39, 0.29) is 0 Å². The molecule has 16 heavy (non-hydrogen) atoms. The average Bonchev–Trinajstić information content (AvgIpc) is 2.12. The molecule has 0 heterocycles. The number of hydrogen-bond donors (Lipinski definition) is 1. The van der Waals surface area contributed by atoms with Gasteiger partial charge in [0.2, 0.25) is 0 Å². The molecule has 1 atom stereocenters. The summed E-state index contributed by atoms with van der Waals surface area (Å²) in [5, 5.41) is 0. The summed E-state index contributed by atoms with van der Waals surface area (Å²) in [5.41, 5.74) is 5.56. The zero-order chi connectivity index (χ0) is 12.6. The van der Waals surface area contributed by atoms with Crippen molar-refractivity contribution in [1.29, 1.82) is 0 Å². The van der Waals surface area contributed by atoms with Crippen LogP contribution < -0.4 is 5.73 Å². The maximum absolute atomic E-state index is 5.56. The van der Waals surface area contributed by atoms with Crippen LogP contribution >= 0.6 is 0 Å². The minimum absolute atomic E-state index is 0.764. The molecule has 0 radical (unpaired) electrons. The Balaban J connectivity index is 3.98. The van der Waals surface area contributed by atoms with Gasteiger partial charge < -0.3 is 10.6 Å². The van der Waals surface area contributed by atoms with Crippen LogP contribution in [-0.4, -0.2) is 31.1 Å². The molecule has 0 rings (SSSR count). The van der Waals surface area contributed by atoms with Crippen LogP contribution in [0.3, 0.4) is 0 Å². The van der Waals surface area contributed by atoms with Gasteiger partial charge in [0.1, 0.15) is 0 Å². The van der Waals surface area contributed by atoms with E-state index in [1.807, 2.05) is 0 Å². The van der Waals surface area contributed by atoms with Crippen molar-refractivity contribution in [2.24, 2.45) is 23.5 Å². The molecule has 2 N–H and O–H groups in total. The zero-order valence-corrected chi connectivity index (χ0v) is 12.0. The molecule has 1 unspecified atom stereocenters. The lowest BCUT2D eigenvalue weighted by molar-refractivity contribution is 0.188. The van der Waals surface area contributed by atoms with Crippen LogP contribution in [0.2, 0.25) is 0 Å². The maximum atomic E-state index is 5.56. The Bertz CT molecular complexity index is 145. The van der Waals surface area contributed by atoms with Gasteiger partial charge in [-0.3, -0.25) is 0 Å². The van der Waals surface area contributed by atoms with Gasteiger partial charge in [0.25, 0.3) is 0 Å². The molecule has 0 aliphatic carbocycles. The fourth-order valence-electron chi connectivity index (χ4n) is 2.25. The molecular formula is C14H32N2. The molecule has 2 heteroatoms. The molecule has 0 fully saturated rings. The molecule has 98 valence electrons. The van der Waals surface area contributed by atoms with E-state index in [0.29, 0.717) is 0 Å². The van der Waals surface area contributed by atoms with E-state index in [1.165, 1.54) is 32.5 Å². The van der Waals surface area contributed by atoms with Gasteiger partial charge in [-0.15, -0.1) is 0 Å². The molecule has 2 nitrogen and oxygen atoms in total. The highest BCUT2D eigenvalue weighted by Gasteiger charge is 2.12. The summed E-state index contributed by atoms with van der Waals surface area (Å²) < 4.78 is 0. The van der Waals surface area contributed by atoms with E-state index in [2.05, 4.69) is 39.5 Å². The van der Waals surface area contributed by atoms with E-state index in [0.717, 1.165) is 24.3 Å². The first-order valence-corrected chi connectivity index (χ1v) is 6.88. The van der Waals surface area contributed by atoms with E-state index in [1.54, 1.807) is 0 Å². The highest BCUT2D eigenvalue weighted by atomic mass is 15.1. The van der Waals surface area contributed by atoms with Crippen LogP contribution in [0.25, 0.3) is 0 Å². The highest BCUT2D eigenvalue weighted by Crippen LogP contribution is 2.11. The summed E-state index contributed by atoms with van der Waals surface area (Å²) in [6.45, 7) is 16.1. The second kappa shape index (κ2) is 9.00. The van der Waals surface area contributed by atoms with Gasteiger partial charge >= 0.3 is 0 Å². The van der Waals surface area contributed by atoms with Crippen molar-refractivity contribution in [1.82, 2.24) is 4.90 Å². The Morgan fingerprint density at radius 2 is 1.38 bits per heavy atom. The summed E-state index contributed by atoms with van der Waals surface area (Å²) in [6, 6.07) is 0. The second-order valence-electron chi connectivity index (χ2n) is 6.04. The van der Waals surface area contributed by atoms with Gasteiger partial charge in [0, 0.05) is 19.6 Å². The van der Waals surface area contributed by atoms with E-state index >= 15 is 0 Å². The van der Waals surface area contributed by atoms with Crippen molar-refractivity contribution >= 4 is 0 Å². The molecule has 0 aromatic rings. The second-order valence-corrected chi connectivity index (χ2v) is 6.04. The average molecular weight is 228 g/mol. The highest BCUT2D eigenvalue weighted by molar-refractivity contribution is 4.66. The van der Waals surface area contributed by atoms with Crippen LogP contribution in [0.5, 0.6) is 0 Å². The molecule has 0 aromatic carbocycles. The van der Waals surface area contributed by atoms with Gasteiger partial charge in [0.15, 0.2) is 0 Å². The fraction of sp³-hybridized carbons (Fsp3) is 1.00. The number of rotatable bonds is 9. The van der Waals surface area contributed by atoms with Gasteiger partial charge in [-0.1, -0.05) is 34.6 Å². The lowest BCUT2D eigenvalue weighted by atomic mass is 10.0. The van der Waals surface area contributed by atoms with Crippen molar-refractivity contribution in [3.05, 3.63) is 0 Å². The van der Waals surface area contributed by atoms with Gasteiger partial charge in [-0.25, -0.2) is 0 Å². The van der Waals surface area contributed by atoms with Gasteiger partial charge in [-0.05, 0) is 37.1 Å². The molecule has 0 aliphatic rings. The molecule has 0 aliphatic heterocycles. The van der Waals surface area contributed by atoms with Crippen LogP contribution in [0.15, 0.2) is 0 Å². The lowest BCUT2D eigenvalue weighted by Gasteiger charge is -2.28. The van der Waals surface area contributed by atoms with Crippen LogP contribution in [-0.2, 0) is 0 Å². The first kappa shape index (κ1) is 15.9. The quantitative estimate of drug-likeness (QED) is 0.657. The predicted molar refractivity (Wildman–Crippen MR) is 73.6 cm³/mol. The third-order valence-electron chi connectivity index (χ3n) is 2.72. The van der Waals surface area contributed by atoms with Crippen molar-refractivity contribution in [3.8, 4) is 0 Å². The topological polar surface area (TPSA) is 29.3 Å². The Morgan fingerprint density at radius 1 is 0.875 bits per heavy atom. The third kappa shape index (κ3) is 9.17. The Hall–Kier alpha value is -0.0800. The predicted octanol–water partition coefficient (Wildman–Crippen LogP) is 2.98. The van der Waals surface area contributed by atoms with E-state index < -0.39 is 0 Å². The molecule has 0 aromatic heterocycles. The first-order valence-electron chi connectivity index (χ1n) is 6.88. The van der Waals surface area contributed by atoms with Crippen molar-refractivity contribution < 1.29 is 0 Å². The Morgan fingerprint density at radius 3 is 1.75 bits per heavy atom. The van der Waals surface area contributed by atoms with Crippen molar-refractivity contribution in [3.63, 3.8) is 0 Å². The molecular weight excluding hydrogens is 196 g/mol. The Labute approximate surface area is 103 Å². The van der Waals surface area contributed by atoms with Gasteiger partial charge in [-0.2, -0.15) is 0 Å². The zero-order valence-electron chi connectivity index (χ0n) is 12.0. The minimum Gasteiger partial charge on any atom is -0.330 e. The van der Waals surface area contributed by atoms with Crippen LogP contribution in [0, 0.1) is 17.8 Å². The Kier molecular flexibility index (Phi) is 8.96. The third-order valence-corrected chi connectivity index (χ3v) is 2.72. The molecule has 0 bridgehead atoms. The monoisotopic (exact) mass is 228 g/mol. The summed E-state index contributed by atoms with van der Waals surface area (Å²) in [6.07, 6.45) is 2.43. The summed E-state index contributed by atoms with van der Waals surface area (Å²) in [4.78, 5) is 2.62. The largest absolute Gasteiger partial charge is 0.330 e.